The average molecular weight is 238 g/mol. The molecule has 1 N–H and O–H groups in total. The van der Waals surface area contributed by atoms with Crippen LogP contribution in [0.3, 0.4) is 0 Å². The molecule has 1 aromatic carbocycles. The maximum absolute atomic E-state index is 10.8. The third-order valence-electron chi connectivity index (χ3n) is 2.79. The van der Waals surface area contributed by atoms with Crippen molar-refractivity contribution in [1.82, 2.24) is 0 Å². The van der Waals surface area contributed by atoms with E-state index in [0.29, 0.717) is 11.5 Å². The Morgan fingerprint density at radius 2 is 2.06 bits per heavy atom. The number of rotatable bonds is 6. The first-order chi connectivity index (χ1) is 8.13. The number of carboxylic acid groups (broad SMARTS) is 1. The van der Waals surface area contributed by atoms with Crippen LogP contribution in [0.2, 0.25) is 0 Å². The minimum Gasteiger partial charge on any atom is -0.493 e. The van der Waals surface area contributed by atoms with E-state index in [1.54, 1.807) is 20.3 Å². The molecule has 1 atom stereocenters. The van der Waals surface area contributed by atoms with Gasteiger partial charge in [0.2, 0.25) is 0 Å². The Kier molecular flexibility index (Phi) is 4.82. The van der Waals surface area contributed by atoms with Gasteiger partial charge in [0.1, 0.15) is 0 Å². The fraction of sp³-hybridized carbons (Fsp3) is 0.462. The number of methoxy groups -OCH3 is 2. The second kappa shape index (κ2) is 6.13. The van der Waals surface area contributed by atoms with Crippen molar-refractivity contribution in [2.75, 3.05) is 14.2 Å². The molecule has 0 radical (unpaired) electrons. The zero-order valence-corrected chi connectivity index (χ0v) is 10.4. The number of aliphatic carboxylic acids is 1. The topological polar surface area (TPSA) is 55.8 Å². The van der Waals surface area contributed by atoms with Crippen molar-refractivity contribution < 1.29 is 19.4 Å². The molecule has 1 aromatic rings. The van der Waals surface area contributed by atoms with E-state index in [1.807, 2.05) is 19.1 Å². The van der Waals surface area contributed by atoms with Gasteiger partial charge in [0.05, 0.1) is 20.6 Å². The quantitative estimate of drug-likeness (QED) is 0.827. The highest BCUT2D eigenvalue weighted by Crippen LogP contribution is 2.37. The fourth-order valence-electron chi connectivity index (χ4n) is 1.92. The highest BCUT2D eigenvalue weighted by molar-refractivity contribution is 5.68. The Labute approximate surface area is 101 Å². The van der Waals surface area contributed by atoms with Crippen LogP contribution in [0.25, 0.3) is 0 Å². The van der Waals surface area contributed by atoms with Crippen LogP contribution in [0.1, 0.15) is 31.2 Å². The van der Waals surface area contributed by atoms with Gasteiger partial charge in [-0.2, -0.15) is 0 Å². The predicted molar refractivity (Wildman–Crippen MR) is 64.8 cm³/mol. The van der Waals surface area contributed by atoms with Crippen LogP contribution in [0.15, 0.2) is 18.2 Å². The monoisotopic (exact) mass is 238 g/mol. The second-order valence-electron chi connectivity index (χ2n) is 3.79. The number of ether oxygens (including phenoxy) is 2. The van der Waals surface area contributed by atoms with Gasteiger partial charge in [0.15, 0.2) is 11.5 Å². The summed E-state index contributed by atoms with van der Waals surface area (Å²) in [4.78, 5) is 10.8. The van der Waals surface area contributed by atoms with Gasteiger partial charge in [-0.1, -0.05) is 19.1 Å². The summed E-state index contributed by atoms with van der Waals surface area (Å²) in [5.41, 5.74) is 0.886. The first-order valence-electron chi connectivity index (χ1n) is 5.56. The lowest BCUT2D eigenvalue weighted by Gasteiger charge is -2.18. The van der Waals surface area contributed by atoms with E-state index in [4.69, 9.17) is 14.6 Å². The Balaban J connectivity index is 3.13. The molecule has 0 bridgehead atoms. The standard InChI is InChI=1S/C13H18O4/c1-4-9(8-12(14)15)10-6-5-7-11(16-2)13(10)17-3/h5-7,9H,4,8H2,1-3H3,(H,14,15). The van der Waals surface area contributed by atoms with Crippen molar-refractivity contribution in [2.24, 2.45) is 0 Å². The van der Waals surface area contributed by atoms with Crippen molar-refractivity contribution >= 4 is 5.97 Å². The van der Waals surface area contributed by atoms with Gasteiger partial charge >= 0.3 is 5.97 Å². The Bertz CT molecular complexity index is 387. The smallest absolute Gasteiger partial charge is 0.303 e. The van der Waals surface area contributed by atoms with Gasteiger partial charge in [-0.05, 0) is 18.4 Å². The second-order valence-corrected chi connectivity index (χ2v) is 3.79. The van der Waals surface area contributed by atoms with Gasteiger partial charge in [-0.25, -0.2) is 0 Å². The normalized spacial score (nSPS) is 11.9. The molecule has 0 aliphatic carbocycles. The average Bonchev–Trinajstić information content (AvgIpc) is 2.34. The molecule has 4 nitrogen and oxygen atoms in total. The minimum atomic E-state index is -0.804. The van der Waals surface area contributed by atoms with Crippen molar-refractivity contribution in [3.8, 4) is 11.5 Å². The summed E-state index contributed by atoms with van der Waals surface area (Å²) < 4.78 is 10.5. The molecule has 0 aromatic heterocycles. The van der Waals surface area contributed by atoms with Crippen LogP contribution in [0.5, 0.6) is 11.5 Å². The molecule has 0 spiro atoms. The molecule has 0 aliphatic rings. The van der Waals surface area contributed by atoms with Crippen molar-refractivity contribution in [1.29, 1.82) is 0 Å². The van der Waals surface area contributed by atoms with Gasteiger partial charge in [-0.15, -0.1) is 0 Å². The summed E-state index contributed by atoms with van der Waals surface area (Å²) in [5, 5.41) is 8.89. The van der Waals surface area contributed by atoms with E-state index in [2.05, 4.69) is 0 Å². The van der Waals surface area contributed by atoms with Gasteiger partial charge < -0.3 is 14.6 Å². The Morgan fingerprint density at radius 3 is 2.53 bits per heavy atom. The van der Waals surface area contributed by atoms with Crippen LogP contribution < -0.4 is 9.47 Å². The van der Waals surface area contributed by atoms with Crippen LogP contribution in [-0.2, 0) is 4.79 Å². The summed E-state index contributed by atoms with van der Waals surface area (Å²) in [6.45, 7) is 1.96. The predicted octanol–water partition coefficient (Wildman–Crippen LogP) is 2.67. The van der Waals surface area contributed by atoms with Gasteiger partial charge in [-0.3, -0.25) is 4.79 Å². The van der Waals surface area contributed by atoms with E-state index < -0.39 is 5.97 Å². The Hall–Kier alpha value is -1.71. The summed E-state index contributed by atoms with van der Waals surface area (Å²) in [6, 6.07) is 5.54. The molecule has 0 heterocycles. The first kappa shape index (κ1) is 13.4. The highest BCUT2D eigenvalue weighted by Gasteiger charge is 2.19. The molecule has 0 saturated heterocycles. The van der Waals surface area contributed by atoms with Crippen molar-refractivity contribution in [3.63, 3.8) is 0 Å². The SMILES string of the molecule is CCC(CC(=O)O)c1cccc(OC)c1OC. The molecule has 94 valence electrons. The molecule has 0 amide bonds. The van der Waals surface area contributed by atoms with Crippen LogP contribution in [0, 0.1) is 0 Å². The first-order valence-corrected chi connectivity index (χ1v) is 5.56. The molecule has 0 fully saturated rings. The van der Waals surface area contributed by atoms with Crippen LogP contribution in [-0.4, -0.2) is 25.3 Å². The molecular formula is C13H18O4. The molecule has 0 aliphatic heterocycles. The Morgan fingerprint density at radius 1 is 1.35 bits per heavy atom. The maximum Gasteiger partial charge on any atom is 0.303 e. The molecule has 4 heteroatoms. The zero-order valence-electron chi connectivity index (χ0n) is 10.4. The molecule has 1 unspecified atom stereocenters. The number of carboxylic acids is 1. The van der Waals surface area contributed by atoms with E-state index in [9.17, 15) is 4.79 Å². The number of carbonyl (C=O) groups is 1. The van der Waals surface area contributed by atoms with Crippen molar-refractivity contribution in [2.45, 2.75) is 25.7 Å². The van der Waals surface area contributed by atoms with Gasteiger partial charge in [0, 0.05) is 5.56 Å². The third-order valence-corrected chi connectivity index (χ3v) is 2.79. The minimum absolute atomic E-state index is 0.0578. The highest BCUT2D eigenvalue weighted by atomic mass is 16.5. The van der Waals surface area contributed by atoms with Crippen LogP contribution >= 0.6 is 0 Å². The number of para-hydroxylation sites is 1. The van der Waals surface area contributed by atoms with Gasteiger partial charge in [0.25, 0.3) is 0 Å². The van der Waals surface area contributed by atoms with E-state index in [1.165, 1.54) is 0 Å². The molecule has 1 rings (SSSR count). The maximum atomic E-state index is 10.8. The van der Waals surface area contributed by atoms with Crippen LogP contribution in [0.4, 0.5) is 0 Å². The molecule has 17 heavy (non-hydrogen) atoms. The summed E-state index contributed by atoms with van der Waals surface area (Å²) >= 11 is 0. The van der Waals surface area contributed by atoms with E-state index >= 15 is 0 Å². The van der Waals surface area contributed by atoms with E-state index in [0.717, 1.165) is 12.0 Å². The fourth-order valence-corrected chi connectivity index (χ4v) is 1.92. The molecule has 0 saturated carbocycles. The number of hydrogen-bond acceptors (Lipinski definition) is 3. The third kappa shape index (κ3) is 3.12. The largest absolute Gasteiger partial charge is 0.493 e. The van der Waals surface area contributed by atoms with E-state index in [-0.39, 0.29) is 12.3 Å². The van der Waals surface area contributed by atoms with Crippen molar-refractivity contribution in [3.05, 3.63) is 23.8 Å². The summed E-state index contributed by atoms with van der Waals surface area (Å²) in [6.07, 6.45) is 0.843. The lowest BCUT2D eigenvalue weighted by atomic mass is 9.92. The summed E-state index contributed by atoms with van der Waals surface area (Å²) in [7, 11) is 3.13. The molecular weight excluding hydrogens is 220 g/mol. The lowest BCUT2D eigenvalue weighted by Crippen LogP contribution is -2.07. The zero-order chi connectivity index (χ0) is 12.8. The number of hydrogen-bond donors (Lipinski definition) is 1. The lowest BCUT2D eigenvalue weighted by molar-refractivity contribution is -0.137. The number of benzene rings is 1. The summed E-state index contributed by atoms with van der Waals surface area (Å²) in [5.74, 6) is 0.399.